The summed E-state index contributed by atoms with van der Waals surface area (Å²) >= 11 is 3.62. The average Bonchev–Trinajstić information content (AvgIpc) is 2.88. The molecule has 0 heterocycles. The lowest BCUT2D eigenvalue weighted by Gasteiger charge is -2.35. The molecule has 35 heavy (non-hydrogen) atoms. The van der Waals surface area contributed by atoms with Crippen molar-refractivity contribution >= 4 is 21.9 Å². The number of halogens is 2. The summed E-state index contributed by atoms with van der Waals surface area (Å²) in [5.41, 5.74) is 1.36. The molecule has 3 rings (SSSR count). The van der Waals surface area contributed by atoms with Crippen molar-refractivity contribution < 1.29 is 19.0 Å². The van der Waals surface area contributed by atoms with Crippen LogP contribution >= 0.6 is 15.9 Å². The summed E-state index contributed by atoms with van der Waals surface area (Å²) in [6.45, 7) is 4.91. The lowest BCUT2D eigenvalue weighted by Crippen LogP contribution is -2.44. The van der Waals surface area contributed by atoms with Crippen molar-refractivity contribution in [3.05, 3.63) is 52.5 Å². The van der Waals surface area contributed by atoms with Crippen molar-refractivity contribution in [2.45, 2.75) is 90.1 Å². The predicted octanol–water partition coefficient (Wildman–Crippen LogP) is 9.02. The fourth-order valence-electron chi connectivity index (χ4n) is 5.22. The van der Waals surface area contributed by atoms with E-state index in [2.05, 4.69) is 59.3 Å². The van der Waals surface area contributed by atoms with Crippen molar-refractivity contribution in [3.63, 3.8) is 0 Å². The summed E-state index contributed by atoms with van der Waals surface area (Å²) in [6.07, 6.45) is 9.07. The molecule has 1 N–H and O–H groups in total. The third-order valence-electron chi connectivity index (χ3n) is 7.59. The molecule has 0 bridgehead atoms. The largest absolute Gasteiger partial charge is 0.492 e. The number of aryl methyl sites for hydroxylation is 1. The van der Waals surface area contributed by atoms with E-state index in [1.54, 1.807) is 0 Å². The highest BCUT2D eigenvalue weighted by molar-refractivity contribution is 9.10. The van der Waals surface area contributed by atoms with E-state index < -0.39 is 11.6 Å². The van der Waals surface area contributed by atoms with Crippen molar-refractivity contribution in [1.82, 2.24) is 0 Å². The number of aliphatic carboxylic acids is 1. The minimum Gasteiger partial charge on any atom is -0.492 e. The molecule has 3 nitrogen and oxygen atoms in total. The Labute approximate surface area is 218 Å². The van der Waals surface area contributed by atoms with Crippen LogP contribution < -0.4 is 4.74 Å². The van der Waals surface area contributed by atoms with Crippen molar-refractivity contribution in [1.29, 1.82) is 0 Å². The van der Waals surface area contributed by atoms with Crippen LogP contribution in [-0.4, -0.2) is 23.4 Å². The second-order valence-electron chi connectivity index (χ2n) is 10.1. The van der Waals surface area contributed by atoms with Crippen molar-refractivity contribution in [2.75, 3.05) is 6.61 Å². The van der Waals surface area contributed by atoms with Gasteiger partial charge in [-0.05, 0) is 89.2 Å². The Morgan fingerprint density at radius 1 is 1.11 bits per heavy atom. The fraction of sp³-hybridized carbons (Fsp3) is 0.567. The molecular weight excluding hydrogens is 507 g/mol. The summed E-state index contributed by atoms with van der Waals surface area (Å²) in [5, 5.41) is 9.76. The SMILES string of the molecule is CCCCOc1ccc(-c2ccc(CCC(CC)C[C@@](F)(C(=O)O)C3CCCCC3)cc2)cc1Br. The Kier molecular flexibility index (Phi) is 10.6. The molecule has 2 aromatic carbocycles. The highest BCUT2D eigenvalue weighted by Crippen LogP contribution is 2.41. The van der Waals surface area contributed by atoms with Crippen LogP contribution in [0.3, 0.4) is 0 Å². The highest BCUT2D eigenvalue weighted by Gasteiger charge is 2.47. The van der Waals surface area contributed by atoms with E-state index in [0.717, 1.165) is 79.3 Å². The highest BCUT2D eigenvalue weighted by atomic mass is 79.9. The number of alkyl halides is 1. The summed E-state index contributed by atoms with van der Waals surface area (Å²) in [7, 11) is 0. The van der Waals surface area contributed by atoms with Gasteiger partial charge in [0, 0.05) is 5.92 Å². The van der Waals surface area contributed by atoms with E-state index in [1.807, 2.05) is 13.0 Å². The summed E-state index contributed by atoms with van der Waals surface area (Å²) in [6, 6.07) is 14.7. The third kappa shape index (κ3) is 7.55. The molecule has 1 saturated carbocycles. The third-order valence-corrected chi connectivity index (χ3v) is 8.21. The van der Waals surface area contributed by atoms with E-state index in [4.69, 9.17) is 4.74 Å². The minimum atomic E-state index is -2.09. The van der Waals surface area contributed by atoms with E-state index in [1.165, 1.54) is 5.56 Å². The van der Waals surface area contributed by atoms with E-state index in [9.17, 15) is 9.90 Å². The van der Waals surface area contributed by atoms with Crippen molar-refractivity contribution in [3.8, 4) is 16.9 Å². The van der Waals surface area contributed by atoms with Gasteiger partial charge in [0.1, 0.15) is 5.75 Å². The smallest absolute Gasteiger partial charge is 0.341 e. The normalized spacial score (nSPS) is 17.0. The Bertz CT molecular complexity index is 939. The van der Waals surface area contributed by atoms with Crippen LogP contribution in [-0.2, 0) is 11.2 Å². The number of rotatable bonds is 13. The van der Waals surface area contributed by atoms with Gasteiger partial charge in [-0.25, -0.2) is 9.18 Å². The van der Waals surface area contributed by atoms with Crippen LogP contribution in [0.15, 0.2) is 46.9 Å². The van der Waals surface area contributed by atoms with Gasteiger partial charge in [0.2, 0.25) is 5.67 Å². The van der Waals surface area contributed by atoms with Gasteiger partial charge in [0.25, 0.3) is 0 Å². The lowest BCUT2D eigenvalue weighted by atomic mass is 9.73. The summed E-state index contributed by atoms with van der Waals surface area (Å²) in [4.78, 5) is 11.9. The zero-order valence-electron chi connectivity index (χ0n) is 21.2. The number of carboxylic acids is 1. The van der Waals surface area contributed by atoms with E-state index >= 15 is 4.39 Å². The summed E-state index contributed by atoms with van der Waals surface area (Å²) in [5.74, 6) is -0.679. The number of unbranched alkanes of at least 4 members (excludes halogenated alkanes) is 1. The molecule has 192 valence electrons. The maximum absolute atomic E-state index is 15.7. The zero-order valence-corrected chi connectivity index (χ0v) is 22.8. The van der Waals surface area contributed by atoms with Gasteiger partial charge >= 0.3 is 5.97 Å². The van der Waals surface area contributed by atoms with Gasteiger partial charge < -0.3 is 9.84 Å². The predicted molar refractivity (Wildman–Crippen MR) is 145 cm³/mol. The van der Waals surface area contributed by atoms with Crippen LogP contribution in [0.25, 0.3) is 11.1 Å². The first-order valence-electron chi connectivity index (χ1n) is 13.3. The number of carboxylic acid groups (broad SMARTS) is 1. The molecule has 1 unspecified atom stereocenters. The van der Waals surface area contributed by atoms with E-state index in [0.29, 0.717) is 12.8 Å². The molecule has 2 atom stereocenters. The van der Waals surface area contributed by atoms with Crippen molar-refractivity contribution in [2.24, 2.45) is 11.8 Å². The number of ether oxygens (including phenoxy) is 1. The Morgan fingerprint density at radius 3 is 2.40 bits per heavy atom. The molecule has 1 aliphatic rings. The minimum absolute atomic E-state index is 0.0638. The topological polar surface area (TPSA) is 46.5 Å². The monoisotopic (exact) mass is 546 g/mol. The Balaban J connectivity index is 1.59. The standard InChI is InChI=1S/C30H40BrFO3/c1-3-5-19-35-28-18-17-25(20-27(28)31)24-15-13-23(14-16-24)12-11-22(4-2)21-30(32,29(33)34)26-9-7-6-8-10-26/h13-18,20,22,26H,3-12,19,21H2,1-2H3,(H,33,34)/t22?,30-/m0/s1. The van der Waals surface area contributed by atoms with Gasteiger partial charge in [-0.3, -0.25) is 0 Å². The second-order valence-corrected chi connectivity index (χ2v) is 10.9. The Hall–Kier alpha value is -1.88. The number of hydrogen-bond donors (Lipinski definition) is 1. The molecule has 2 aromatic rings. The van der Waals surface area contributed by atoms with Crippen LogP contribution in [0.5, 0.6) is 5.75 Å². The van der Waals surface area contributed by atoms with Gasteiger partial charge in [-0.15, -0.1) is 0 Å². The van der Waals surface area contributed by atoms with Gasteiger partial charge in [0.05, 0.1) is 11.1 Å². The first-order chi connectivity index (χ1) is 16.9. The molecule has 0 aromatic heterocycles. The molecule has 0 radical (unpaired) electrons. The van der Waals surface area contributed by atoms with Crippen LogP contribution in [0, 0.1) is 11.8 Å². The molecule has 0 amide bonds. The fourth-order valence-corrected chi connectivity index (χ4v) is 5.71. The summed E-state index contributed by atoms with van der Waals surface area (Å²) < 4.78 is 22.5. The number of carbonyl (C=O) groups is 1. The second kappa shape index (κ2) is 13.4. The molecule has 0 aliphatic heterocycles. The quantitative estimate of drug-likeness (QED) is 0.255. The Morgan fingerprint density at radius 2 is 1.80 bits per heavy atom. The number of hydrogen-bond acceptors (Lipinski definition) is 2. The van der Waals surface area contributed by atoms with Crippen LogP contribution in [0.1, 0.15) is 83.6 Å². The van der Waals surface area contributed by atoms with Gasteiger partial charge in [-0.1, -0.05) is 76.3 Å². The van der Waals surface area contributed by atoms with Gasteiger partial charge in [0.15, 0.2) is 0 Å². The molecule has 5 heteroatoms. The lowest BCUT2D eigenvalue weighted by molar-refractivity contribution is -0.158. The van der Waals surface area contributed by atoms with Gasteiger partial charge in [-0.2, -0.15) is 0 Å². The first kappa shape index (κ1) is 27.7. The average molecular weight is 548 g/mol. The van der Waals surface area contributed by atoms with E-state index in [-0.39, 0.29) is 18.3 Å². The maximum Gasteiger partial charge on any atom is 0.341 e. The maximum atomic E-state index is 15.7. The zero-order chi connectivity index (χ0) is 25.3. The molecule has 1 aliphatic carbocycles. The molecule has 0 saturated heterocycles. The van der Waals surface area contributed by atoms with Crippen LogP contribution in [0.2, 0.25) is 0 Å². The molecule has 0 spiro atoms. The molecular formula is C30H40BrFO3. The first-order valence-corrected chi connectivity index (χ1v) is 14.1. The molecule has 1 fully saturated rings. The van der Waals surface area contributed by atoms with Crippen LogP contribution in [0.4, 0.5) is 4.39 Å². The number of benzene rings is 2.